The van der Waals surface area contributed by atoms with E-state index in [0.717, 1.165) is 19.3 Å². The molecule has 1 fully saturated rings. The van der Waals surface area contributed by atoms with Gasteiger partial charge in [0.2, 0.25) is 0 Å². The van der Waals surface area contributed by atoms with Crippen LogP contribution in [0.4, 0.5) is 0 Å². The van der Waals surface area contributed by atoms with Crippen molar-refractivity contribution in [1.29, 1.82) is 0 Å². The van der Waals surface area contributed by atoms with E-state index in [1.807, 2.05) is 0 Å². The molecule has 0 radical (unpaired) electrons. The molecule has 1 aromatic heterocycles. The van der Waals surface area contributed by atoms with Crippen molar-refractivity contribution < 1.29 is 23.9 Å². The first-order valence-electron chi connectivity index (χ1n) is 8.30. The van der Waals surface area contributed by atoms with Gasteiger partial charge in [0.1, 0.15) is 11.5 Å². The molecule has 1 heterocycles. The summed E-state index contributed by atoms with van der Waals surface area (Å²) in [5.41, 5.74) is 0.809. The van der Waals surface area contributed by atoms with Gasteiger partial charge in [0.05, 0.1) is 31.9 Å². The number of carbonyl (C=O) groups excluding carboxylic acids is 1. The lowest BCUT2D eigenvalue weighted by molar-refractivity contribution is 0.0711. The standard InChI is InChI=1S/C18H22N2O5/c1-23-11-7-8-16(24-2)12(9-11)17-10-14(20-25-17)18(22)19-13-5-3-4-6-15(13)21/h7-10,13,15,21H,3-6H2,1-2H3,(H,19,22)/t13-,15-/m1/s1. The van der Waals surface area contributed by atoms with E-state index < -0.39 is 6.10 Å². The summed E-state index contributed by atoms with van der Waals surface area (Å²) in [5.74, 6) is 1.28. The highest BCUT2D eigenvalue weighted by Gasteiger charge is 2.26. The van der Waals surface area contributed by atoms with Crippen molar-refractivity contribution in [3.8, 4) is 22.8 Å². The number of hydrogen-bond donors (Lipinski definition) is 2. The minimum absolute atomic E-state index is 0.164. The first-order chi connectivity index (χ1) is 12.1. The van der Waals surface area contributed by atoms with E-state index in [0.29, 0.717) is 29.2 Å². The van der Waals surface area contributed by atoms with Crippen LogP contribution in [0.15, 0.2) is 28.8 Å². The Kier molecular flexibility index (Phi) is 5.23. The number of nitrogens with one attached hydrogen (secondary N) is 1. The lowest BCUT2D eigenvalue weighted by atomic mass is 9.92. The van der Waals surface area contributed by atoms with Gasteiger partial charge in [-0.25, -0.2) is 0 Å². The molecule has 0 unspecified atom stereocenters. The number of ether oxygens (including phenoxy) is 2. The molecule has 1 saturated carbocycles. The lowest BCUT2D eigenvalue weighted by Crippen LogP contribution is -2.45. The number of rotatable bonds is 5. The number of aliphatic hydroxyl groups is 1. The maximum atomic E-state index is 12.4. The molecule has 0 spiro atoms. The van der Waals surface area contributed by atoms with Crippen LogP contribution in [0.1, 0.15) is 36.2 Å². The van der Waals surface area contributed by atoms with E-state index in [9.17, 15) is 9.90 Å². The van der Waals surface area contributed by atoms with Crippen LogP contribution in [0, 0.1) is 0 Å². The molecule has 1 aliphatic carbocycles. The topological polar surface area (TPSA) is 93.8 Å². The molecule has 7 heteroatoms. The quantitative estimate of drug-likeness (QED) is 0.863. The van der Waals surface area contributed by atoms with E-state index in [1.165, 1.54) is 0 Å². The van der Waals surface area contributed by atoms with Crippen LogP contribution in [0.5, 0.6) is 11.5 Å². The Bertz CT molecular complexity index is 743. The van der Waals surface area contributed by atoms with Gasteiger partial charge in [-0.2, -0.15) is 0 Å². The molecule has 0 aliphatic heterocycles. The number of aliphatic hydroxyl groups excluding tert-OH is 1. The Labute approximate surface area is 145 Å². The minimum atomic E-state index is -0.512. The van der Waals surface area contributed by atoms with Crippen molar-refractivity contribution in [3.63, 3.8) is 0 Å². The molecule has 0 bridgehead atoms. The van der Waals surface area contributed by atoms with Crippen molar-refractivity contribution in [2.75, 3.05) is 14.2 Å². The maximum absolute atomic E-state index is 12.4. The highest BCUT2D eigenvalue weighted by molar-refractivity contribution is 5.93. The third-order valence-corrected chi connectivity index (χ3v) is 4.46. The molecular weight excluding hydrogens is 324 g/mol. The van der Waals surface area contributed by atoms with E-state index in [-0.39, 0.29) is 17.6 Å². The Balaban J connectivity index is 1.79. The summed E-state index contributed by atoms with van der Waals surface area (Å²) in [7, 11) is 3.13. The largest absolute Gasteiger partial charge is 0.497 e. The van der Waals surface area contributed by atoms with E-state index in [1.54, 1.807) is 38.5 Å². The monoisotopic (exact) mass is 346 g/mol. The maximum Gasteiger partial charge on any atom is 0.273 e. The molecule has 25 heavy (non-hydrogen) atoms. The predicted octanol–water partition coefficient (Wildman–Crippen LogP) is 2.39. The van der Waals surface area contributed by atoms with Crippen LogP contribution in [-0.4, -0.2) is 42.5 Å². The highest BCUT2D eigenvalue weighted by Crippen LogP contribution is 2.33. The van der Waals surface area contributed by atoms with E-state index >= 15 is 0 Å². The Morgan fingerprint density at radius 3 is 2.76 bits per heavy atom. The molecule has 2 N–H and O–H groups in total. The number of carbonyl (C=O) groups is 1. The summed E-state index contributed by atoms with van der Waals surface area (Å²) in [6, 6.07) is 6.60. The first kappa shape index (κ1) is 17.3. The van der Waals surface area contributed by atoms with Crippen LogP contribution in [0.2, 0.25) is 0 Å². The van der Waals surface area contributed by atoms with Crippen LogP contribution in [-0.2, 0) is 0 Å². The van der Waals surface area contributed by atoms with Gasteiger partial charge >= 0.3 is 0 Å². The second kappa shape index (κ2) is 7.57. The molecule has 3 rings (SSSR count). The van der Waals surface area contributed by atoms with Crippen LogP contribution < -0.4 is 14.8 Å². The molecule has 1 aliphatic rings. The fraction of sp³-hybridized carbons (Fsp3) is 0.444. The Morgan fingerprint density at radius 2 is 2.04 bits per heavy atom. The second-order valence-electron chi connectivity index (χ2n) is 6.07. The summed E-state index contributed by atoms with van der Waals surface area (Å²) in [6.07, 6.45) is 2.93. The van der Waals surface area contributed by atoms with Gasteiger partial charge in [0, 0.05) is 6.07 Å². The molecule has 1 aromatic carbocycles. The molecule has 2 atom stereocenters. The molecule has 2 aromatic rings. The zero-order valence-corrected chi connectivity index (χ0v) is 14.3. The van der Waals surface area contributed by atoms with Crippen LogP contribution >= 0.6 is 0 Å². The second-order valence-corrected chi connectivity index (χ2v) is 6.07. The van der Waals surface area contributed by atoms with Crippen LogP contribution in [0.25, 0.3) is 11.3 Å². The normalized spacial score (nSPS) is 20.1. The van der Waals surface area contributed by atoms with Gasteiger partial charge in [-0.3, -0.25) is 4.79 Å². The number of benzene rings is 1. The van der Waals surface area contributed by atoms with Gasteiger partial charge in [-0.05, 0) is 31.0 Å². The summed E-state index contributed by atoms with van der Waals surface area (Å²) in [4.78, 5) is 12.4. The van der Waals surface area contributed by atoms with Crippen molar-refractivity contribution in [2.45, 2.75) is 37.8 Å². The van der Waals surface area contributed by atoms with Gasteiger partial charge in [-0.1, -0.05) is 18.0 Å². The molecular formula is C18H22N2O5. The van der Waals surface area contributed by atoms with Crippen molar-refractivity contribution >= 4 is 5.91 Å². The SMILES string of the molecule is COc1ccc(OC)c(-c2cc(C(=O)N[C@@H]3CCCC[C@H]3O)no2)c1. The Morgan fingerprint density at radius 1 is 1.24 bits per heavy atom. The molecule has 0 saturated heterocycles. The zero-order valence-electron chi connectivity index (χ0n) is 14.3. The number of methoxy groups -OCH3 is 2. The van der Waals surface area contributed by atoms with Gasteiger partial charge in [-0.15, -0.1) is 0 Å². The van der Waals surface area contributed by atoms with Gasteiger partial charge in [0.15, 0.2) is 11.5 Å². The number of hydrogen-bond acceptors (Lipinski definition) is 6. The average molecular weight is 346 g/mol. The van der Waals surface area contributed by atoms with Gasteiger partial charge in [0.25, 0.3) is 5.91 Å². The minimum Gasteiger partial charge on any atom is -0.497 e. The molecule has 134 valence electrons. The fourth-order valence-electron chi connectivity index (χ4n) is 3.04. The average Bonchev–Trinajstić information content (AvgIpc) is 3.13. The van der Waals surface area contributed by atoms with Crippen molar-refractivity contribution in [1.82, 2.24) is 10.5 Å². The first-order valence-corrected chi connectivity index (χ1v) is 8.30. The van der Waals surface area contributed by atoms with Crippen molar-refractivity contribution in [2.24, 2.45) is 0 Å². The highest BCUT2D eigenvalue weighted by atomic mass is 16.5. The molecule has 1 amide bonds. The van der Waals surface area contributed by atoms with E-state index in [2.05, 4.69) is 10.5 Å². The number of aromatic nitrogens is 1. The predicted molar refractivity (Wildman–Crippen MR) is 90.8 cm³/mol. The number of nitrogens with zero attached hydrogens (tertiary/aromatic N) is 1. The number of amides is 1. The smallest absolute Gasteiger partial charge is 0.273 e. The molecule has 7 nitrogen and oxygen atoms in total. The third kappa shape index (κ3) is 3.76. The third-order valence-electron chi connectivity index (χ3n) is 4.46. The van der Waals surface area contributed by atoms with Crippen LogP contribution in [0.3, 0.4) is 0 Å². The van der Waals surface area contributed by atoms with E-state index in [4.69, 9.17) is 14.0 Å². The Hall–Kier alpha value is -2.54. The van der Waals surface area contributed by atoms with Crippen molar-refractivity contribution in [3.05, 3.63) is 30.0 Å². The summed E-state index contributed by atoms with van der Waals surface area (Å²) < 4.78 is 15.9. The summed E-state index contributed by atoms with van der Waals surface area (Å²) in [5, 5.41) is 16.7. The fourth-order valence-corrected chi connectivity index (χ4v) is 3.04. The summed E-state index contributed by atoms with van der Waals surface area (Å²) >= 11 is 0. The summed E-state index contributed by atoms with van der Waals surface area (Å²) in [6.45, 7) is 0. The zero-order chi connectivity index (χ0) is 17.8. The van der Waals surface area contributed by atoms with Gasteiger partial charge < -0.3 is 24.4 Å². The lowest BCUT2D eigenvalue weighted by Gasteiger charge is -2.27.